The van der Waals surface area contributed by atoms with Crippen LogP contribution in [0.5, 0.6) is 5.75 Å². The zero-order valence-electron chi connectivity index (χ0n) is 10.1. The van der Waals surface area contributed by atoms with Gasteiger partial charge in [0.1, 0.15) is 5.75 Å². The van der Waals surface area contributed by atoms with Crippen molar-refractivity contribution in [2.24, 2.45) is 0 Å². The van der Waals surface area contributed by atoms with E-state index < -0.39 is 0 Å². The molecule has 2 aromatic carbocycles. The molecule has 5 heteroatoms. The summed E-state index contributed by atoms with van der Waals surface area (Å²) in [6.45, 7) is 0. The molecule has 0 atom stereocenters. The molecule has 0 bridgehead atoms. The molecule has 0 radical (unpaired) electrons. The summed E-state index contributed by atoms with van der Waals surface area (Å²) in [5, 5.41) is 0. The monoisotopic (exact) mass is 383 g/mol. The quantitative estimate of drug-likeness (QED) is 0.641. The lowest BCUT2D eigenvalue weighted by Crippen LogP contribution is -2.05. The number of halogens is 2. The summed E-state index contributed by atoms with van der Waals surface area (Å²) in [6, 6.07) is 10.4. The molecule has 98 valence electrons. The van der Waals surface area contributed by atoms with E-state index in [1.807, 2.05) is 6.07 Å². The number of carbonyl (C=O) groups excluding carboxylic acids is 1. The van der Waals surface area contributed by atoms with E-state index in [1.165, 1.54) is 7.11 Å². The van der Waals surface area contributed by atoms with Crippen molar-refractivity contribution >= 4 is 43.3 Å². The van der Waals surface area contributed by atoms with Crippen LogP contribution in [0.4, 0.5) is 5.69 Å². The predicted molar refractivity (Wildman–Crippen MR) is 82.7 cm³/mol. The van der Waals surface area contributed by atoms with E-state index in [9.17, 15) is 4.79 Å². The van der Waals surface area contributed by atoms with Crippen LogP contribution in [-0.4, -0.2) is 12.9 Å². The maximum Gasteiger partial charge on any atom is 0.198 e. The van der Waals surface area contributed by atoms with Crippen molar-refractivity contribution in [2.45, 2.75) is 0 Å². The summed E-state index contributed by atoms with van der Waals surface area (Å²) in [6.07, 6.45) is 0. The van der Waals surface area contributed by atoms with Gasteiger partial charge in [0.05, 0.1) is 12.7 Å². The van der Waals surface area contributed by atoms with Crippen LogP contribution in [0.1, 0.15) is 15.9 Å². The number of methoxy groups -OCH3 is 1. The largest absolute Gasteiger partial charge is 0.496 e. The lowest BCUT2D eigenvalue weighted by Gasteiger charge is -2.10. The fraction of sp³-hybridized carbons (Fsp3) is 0.0714. The highest BCUT2D eigenvalue weighted by Gasteiger charge is 2.17. The third kappa shape index (κ3) is 2.98. The number of ketones is 1. The molecule has 0 aliphatic rings. The number of rotatable bonds is 3. The molecular formula is C14H11Br2NO2. The van der Waals surface area contributed by atoms with Crippen LogP contribution in [-0.2, 0) is 0 Å². The van der Waals surface area contributed by atoms with E-state index >= 15 is 0 Å². The number of benzene rings is 2. The number of hydrogen-bond donors (Lipinski definition) is 1. The summed E-state index contributed by atoms with van der Waals surface area (Å²) < 4.78 is 6.74. The van der Waals surface area contributed by atoms with Crippen LogP contribution in [0.15, 0.2) is 45.3 Å². The van der Waals surface area contributed by atoms with Gasteiger partial charge in [-0.05, 0) is 36.4 Å². The van der Waals surface area contributed by atoms with E-state index in [2.05, 4.69) is 31.9 Å². The molecule has 0 saturated carbocycles. The van der Waals surface area contributed by atoms with Gasteiger partial charge in [-0.25, -0.2) is 0 Å². The highest BCUT2D eigenvalue weighted by atomic mass is 79.9. The Bertz CT molecular complexity index is 641. The third-order valence-electron chi connectivity index (χ3n) is 2.64. The maximum absolute atomic E-state index is 12.6. The van der Waals surface area contributed by atoms with Crippen molar-refractivity contribution in [1.82, 2.24) is 0 Å². The minimum Gasteiger partial charge on any atom is -0.496 e. The number of nitrogen functional groups attached to an aromatic ring is 1. The second-order valence-corrected chi connectivity index (χ2v) is 5.68. The lowest BCUT2D eigenvalue weighted by molar-refractivity contribution is 0.103. The topological polar surface area (TPSA) is 52.3 Å². The van der Waals surface area contributed by atoms with Crippen LogP contribution in [0, 0.1) is 0 Å². The Labute approximate surface area is 128 Å². The molecule has 0 amide bonds. The SMILES string of the molecule is COc1ccc(Br)cc1C(=O)c1cc(N)ccc1Br. The van der Waals surface area contributed by atoms with E-state index in [1.54, 1.807) is 30.3 Å². The van der Waals surface area contributed by atoms with Crippen LogP contribution < -0.4 is 10.5 Å². The summed E-state index contributed by atoms with van der Waals surface area (Å²) in [5.74, 6) is 0.389. The molecule has 2 aromatic rings. The molecule has 19 heavy (non-hydrogen) atoms. The van der Waals surface area contributed by atoms with Crippen LogP contribution in [0.3, 0.4) is 0 Å². The molecule has 0 fully saturated rings. The Hall–Kier alpha value is -1.33. The van der Waals surface area contributed by atoms with Crippen LogP contribution >= 0.6 is 31.9 Å². The lowest BCUT2D eigenvalue weighted by atomic mass is 10.0. The summed E-state index contributed by atoms with van der Waals surface area (Å²) in [5.41, 5.74) is 7.27. The Morgan fingerprint density at radius 3 is 2.53 bits per heavy atom. The fourth-order valence-electron chi connectivity index (χ4n) is 1.72. The van der Waals surface area contributed by atoms with Crippen molar-refractivity contribution in [2.75, 3.05) is 12.8 Å². The molecule has 0 heterocycles. The van der Waals surface area contributed by atoms with Gasteiger partial charge < -0.3 is 10.5 Å². The number of ether oxygens (including phenoxy) is 1. The highest BCUT2D eigenvalue weighted by molar-refractivity contribution is 9.10. The Morgan fingerprint density at radius 2 is 1.84 bits per heavy atom. The smallest absolute Gasteiger partial charge is 0.198 e. The highest BCUT2D eigenvalue weighted by Crippen LogP contribution is 2.29. The standard InChI is InChI=1S/C14H11Br2NO2/c1-19-13-5-2-8(15)6-11(13)14(18)10-7-9(17)3-4-12(10)16/h2-7H,17H2,1H3. The first-order chi connectivity index (χ1) is 9.02. The summed E-state index contributed by atoms with van der Waals surface area (Å²) in [7, 11) is 1.54. The first kappa shape index (κ1) is 14.1. The van der Waals surface area contributed by atoms with Gasteiger partial charge in [-0.3, -0.25) is 4.79 Å². The number of nitrogens with two attached hydrogens (primary N) is 1. The van der Waals surface area contributed by atoms with Crippen molar-refractivity contribution in [3.8, 4) is 5.75 Å². The third-order valence-corrected chi connectivity index (χ3v) is 3.83. The summed E-state index contributed by atoms with van der Waals surface area (Å²) >= 11 is 6.72. The Morgan fingerprint density at radius 1 is 1.11 bits per heavy atom. The van der Waals surface area contributed by atoms with Gasteiger partial charge in [0, 0.05) is 20.2 Å². The Kier molecular flexibility index (Phi) is 4.27. The average molecular weight is 385 g/mol. The minimum absolute atomic E-state index is 0.141. The van der Waals surface area contributed by atoms with E-state index in [4.69, 9.17) is 10.5 Å². The molecule has 0 spiro atoms. The maximum atomic E-state index is 12.6. The first-order valence-corrected chi connectivity index (χ1v) is 7.05. The molecule has 0 aliphatic carbocycles. The number of carbonyl (C=O) groups is 1. The van der Waals surface area contributed by atoms with Crippen LogP contribution in [0.2, 0.25) is 0 Å². The Balaban J connectivity index is 2.55. The van der Waals surface area contributed by atoms with Crippen molar-refractivity contribution < 1.29 is 9.53 Å². The first-order valence-electron chi connectivity index (χ1n) is 5.46. The predicted octanol–water partition coefficient (Wildman–Crippen LogP) is 4.03. The van der Waals surface area contributed by atoms with Crippen LogP contribution in [0.25, 0.3) is 0 Å². The number of hydrogen-bond acceptors (Lipinski definition) is 3. The molecule has 0 unspecified atom stereocenters. The molecule has 0 aliphatic heterocycles. The zero-order valence-corrected chi connectivity index (χ0v) is 13.3. The van der Waals surface area contributed by atoms with Crippen molar-refractivity contribution in [3.63, 3.8) is 0 Å². The van der Waals surface area contributed by atoms with Gasteiger partial charge in [0.2, 0.25) is 0 Å². The molecule has 2 N–H and O–H groups in total. The molecular weight excluding hydrogens is 374 g/mol. The number of anilines is 1. The zero-order chi connectivity index (χ0) is 14.0. The normalized spacial score (nSPS) is 10.3. The van der Waals surface area contributed by atoms with Gasteiger partial charge >= 0.3 is 0 Å². The van der Waals surface area contributed by atoms with Gasteiger partial charge in [-0.1, -0.05) is 31.9 Å². The fourth-order valence-corrected chi connectivity index (χ4v) is 2.51. The van der Waals surface area contributed by atoms with Gasteiger partial charge in [-0.15, -0.1) is 0 Å². The van der Waals surface area contributed by atoms with E-state index in [-0.39, 0.29) is 5.78 Å². The molecule has 2 rings (SSSR count). The van der Waals surface area contributed by atoms with E-state index in [0.717, 1.165) is 4.47 Å². The van der Waals surface area contributed by atoms with Crippen molar-refractivity contribution in [3.05, 3.63) is 56.5 Å². The minimum atomic E-state index is -0.141. The molecule has 0 saturated heterocycles. The molecule has 0 aromatic heterocycles. The average Bonchev–Trinajstić information content (AvgIpc) is 2.40. The second-order valence-electron chi connectivity index (χ2n) is 3.91. The van der Waals surface area contributed by atoms with E-state index in [0.29, 0.717) is 27.0 Å². The summed E-state index contributed by atoms with van der Waals surface area (Å²) in [4.78, 5) is 12.6. The van der Waals surface area contributed by atoms with Gasteiger partial charge in [0.15, 0.2) is 5.78 Å². The van der Waals surface area contributed by atoms with Crippen molar-refractivity contribution in [1.29, 1.82) is 0 Å². The van der Waals surface area contributed by atoms with Gasteiger partial charge in [-0.2, -0.15) is 0 Å². The van der Waals surface area contributed by atoms with Gasteiger partial charge in [0.25, 0.3) is 0 Å². The second kappa shape index (κ2) is 5.75. The molecule has 3 nitrogen and oxygen atoms in total.